The summed E-state index contributed by atoms with van der Waals surface area (Å²) in [6, 6.07) is 13.1. The fraction of sp³-hybridized carbons (Fsp3) is 0.296. The number of nitro benzene ring substituents is 1. The van der Waals surface area contributed by atoms with Crippen molar-refractivity contribution in [2.75, 3.05) is 18.4 Å². The van der Waals surface area contributed by atoms with Crippen LogP contribution in [-0.2, 0) is 22.6 Å². The molecule has 1 amide bonds. The third-order valence-electron chi connectivity index (χ3n) is 6.65. The Kier molecular flexibility index (Phi) is 9.14. The molecule has 218 valence electrons. The molecule has 1 aromatic heterocycles. The Hall–Kier alpha value is -3.75. The molecule has 14 heteroatoms. The number of alkyl halides is 3. The van der Waals surface area contributed by atoms with Gasteiger partial charge in [-0.15, -0.1) is 17.9 Å². The molecule has 0 bridgehead atoms. The third-order valence-corrected chi connectivity index (χ3v) is 10.3. The molecule has 9 nitrogen and oxygen atoms in total. The first-order chi connectivity index (χ1) is 19.4. The van der Waals surface area contributed by atoms with E-state index in [2.05, 4.69) is 17.2 Å². The number of sulfone groups is 1. The predicted octanol–water partition coefficient (Wildman–Crippen LogP) is 5.47. The van der Waals surface area contributed by atoms with E-state index in [-0.39, 0.29) is 28.0 Å². The van der Waals surface area contributed by atoms with Crippen LogP contribution in [0.3, 0.4) is 0 Å². The molecule has 0 spiro atoms. The molecule has 1 unspecified atom stereocenters. The van der Waals surface area contributed by atoms with E-state index in [4.69, 9.17) is 0 Å². The number of halogens is 3. The minimum atomic E-state index is -4.44. The van der Waals surface area contributed by atoms with Crippen molar-refractivity contribution < 1.29 is 31.3 Å². The summed E-state index contributed by atoms with van der Waals surface area (Å²) in [5, 5.41) is 15.6. The lowest BCUT2D eigenvalue weighted by molar-refractivity contribution is -0.384. The normalized spacial score (nSPS) is 15.7. The summed E-state index contributed by atoms with van der Waals surface area (Å²) in [4.78, 5) is 25.0. The zero-order valence-electron chi connectivity index (χ0n) is 21.6. The number of carbonyl (C=O) groups is 1. The van der Waals surface area contributed by atoms with Crippen molar-refractivity contribution in [2.45, 2.75) is 41.2 Å². The number of piperidine rings is 1. The number of hydrogen-bond donors (Lipinski definition) is 2. The monoisotopic (exact) mass is 608 g/mol. The molecule has 1 aliphatic rings. The maximum Gasteiger partial charge on any atom is 0.416 e. The number of thiophene rings is 1. The molecule has 0 aliphatic carbocycles. The Morgan fingerprint density at radius 2 is 1.83 bits per heavy atom. The van der Waals surface area contributed by atoms with E-state index in [1.165, 1.54) is 42.5 Å². The van der Waals surface area contributed by atoms with Crippen LogP contribution in [0.4, 0.5) is 24.5 Å². The zero-order valence-corrected chi connectivity index (χ0v) is 23.3. The Morgan fingerprint density at radius 1 is 1.15 bits per heavy atom. The second-order valence-corrected chi connectivity index (χ2v) is 12.9. The van der Waals surface area contributed by atoms with Crippen molar-refractivity contribution in [3.05, 3.63) is 99.4 Å². The fourth-order valence-corrected chi connectivity index (χ4v) is 7.63. The first-order valence-corrected chi connectivity index (χ1v) is 14.9. The smallest absolute Gasteiger partial charge is 0.382 e. The Morgan fingerprint density at radius 3 is 2.44 bits per heavy atom. The number of nitro groups is 1. The first-order valence-electron chi connectivity index (χ1n) is 12.5. The van der Waals surface area contributed by atoms with Gasteiger partial charge in [0.05, 0.1) is 17.0 Å². The van der Waals surface area contributed by atoms with Gasteiger partial charge in [-0.2, -0.15) is 13.2 Å². The van der Waals surface area contributed by atoms with Gasteiger partial charge < -0.3 is 10.6 Å². The van der Waals surface area contributed by atoms with E-state index in [1.54, 1.807) is 17.0 Å². The summed E-state index contributed by atoms with van der Waals surface area (Å²) < 4.78 is 66.1. The lowest BCUT2D eigenvalue weighted by Crippen LogP contribution is -2.46. The van der Waals surface area contributed by atoms with E-state index in [0.29, 0.717) is 36.5 Å². The van der Waals surface area contributed by atoms with E-state index < -0.39 is 37.8 Å². The molecule has 1 aliphatic heterocycles. The van der Waals surface area contributed by atoms with Gasteiger partial charge in [-0.1, -0.05) is 12.1 Å². The van der Waals surface area contributed by atoms with E-state index in [9.17, 15) is 36.5 Å². The predicted molar refractivity (Wildman–Crippen MR) is 149 cm³/mol. The molecule has 1 fully saturated rings. The quantitative estimate of drug-likeness (QED) is 0.178. The SMILES string of the molecule is C=CC(N1CCC(Nc2cccc(C(F)(F)F)c2)CC1)S(=O)(=O)c1ccc(CNC(=O)c2ccc([N+](=O)[O-])cc2)s1. The highest BCUT2D eigenvalue weighted by atomic mass is 32.2. The molecular weight excluding hydrogens is 581 g/mol. The average molecular weight is 609 g/mol. The average Bonchev–Trinajstić information content (AvgIpc) is 3.43. The summed E-state index contributed by atoms with van der Waals surface area (Å²) in [6.45, 7) is 4.60. The van der Waals surface area contributed by atoms with Gasteiger partial charge >= 0.3 is 6.18 Å². The highest BCUT2D eigenvalue weighted by molar-refractivity contribution is 7.94. The highest BCUT2D eigenvalue weighted by Crippen LogP contribution is 2.32. The molecule has 0 saturated carbocycles. The largest absolute Gasteiger partial charge is 0.416 e. The van der Waals surface area contributed by atoms with Gasteiger partial charge in [0.1, 0.15) is 9.58 Å². The van der Waals surface area contributed by atoms with E-state index >= 15 is 0 Å². The third kappa shape index (κ3) is 7.31. The molecule has 41 heavy (non-hydrogen) atoms. The number of benzene rings is 2. The number of nitrogens with zero attached hydrogens (tertiary/aromatic N) is 2. The summed E-state index contributed by atoms with van der Waals surface area (Å²) in [5.74, 6) is -0.455. The van der Waals surface area contributed by atoms with Crippen molar-refractivity contribution in [1.82, 2.24) is 10.2 Å². The van der Waals surface area contributed by atoms with Crippen LogP contribution in [0.1, 0.15) is 33.6 Å². The van der Waals surface area contributed by atoms with Crippen molar-refractivity contribution in [2.24, 2.45) is 0 Å². The van der Waals surface area contributed by atoms with Crippen LogP contribution in [0.2, 0.25) is 0 Å². The highest BCUT2D eigenvalue weighted by Gasteiger charge is 2.35. The van der Waals surface area contributed by atoms with Gasteiger partial charge in [-0.05, 0) is 55.3 Å². The van der Waals surface area contributed by atoms with Crippen LogP contribution in [-0.4, -0.2) is 48.7 Å². The van der Waals surface area contributed by atoms with Crippen molar-refractivity contribution in [3.8, 4) is 0 Å². The molecule has 0 radical (unpaired) electrons. The molecule has 2 heterocycles. The summed E-state index contributed by atoms with van der Waals surface area (Å²) >= 11 is 1.03. The molecule has 3 aromatic rings. The molecule has 2 N–H and O–H groups in total. The number of rotatable bonds is 10. The van der Waals surface area contributed by atoms with Gasteiger partial charge in [0.25, 0.3) is 11.6 Å². The van der Waals surface area contributed by atoms with E-state index in [0.717, 1.165) is 23.5 Å². The number of non-ortho nitro benzene ring substituents is 1. The summed E-state index contributed by atoms with van der Waals surface area (Å²) in [5.41, 5.74) is -0.280. The minimum absolute atomic E-state index is 0.0708. The van der Waals surface area contributed by atoms with Crippen molar-refractivity contribution >= 4 is 38.5 Å². The number of likely N-dealkylation sites (tertiary alicyclic amines) is 1. The standard InChI is InChI=1S/C27H27F3N4O5S2/c1-2-24(33-14-12-20(13-15-33)32-21-5-3-4-19(16-21)27(28,29)30)41(38,39)25-11-10-23(40-25)17-31-26(35)18-6-8-22(9-7-18)34(36)37/h2-11,16,20,24,32H,1,12-15,17H2,(H,31,35). The zero-order chi connectivity index (χ0) is 29.8. The van der Waals surface area contributed by atoms with Gasteiger partial charge in [0.2, 0.25) is 9.84 Å². The van der Waals surface area contributed by atoms with Crippen LogP contribution in [0.5, 0.6) is 0 Å². The number of amides is 1. The Balaban J connectivity index is 1.34. The summed E-state index contributed by atoms with van der Waals surface area (Å²) in [7, 11) is -3.83. The van der Waals surface area contributed by atoms with Crippen molar-refractivity contribution in [3.63, 3.8) is 0 Å². The van der Waals surface area contributed by atoms with Crippen LogP contribution >= 0.6 is 11.3 Å². The maximum absolute atomic E-state index is 13.5. The van der Waals surface area contributed by atoms with Crippen LogP contribution in [0.15, 0.2) is 77.5 Å². The maximum atomic E-state index is 13.5. The summed E-state index contributed by atoms with van der Waals surface area (Å²) in [6.07, 6.45) is -2.01. The lowest BCUT2D eigenvalue weighted by atomic mass is 10.0. The number of nitrogens with one attached hydrogen (secondary N) is 2. The van der Waals surface area contributed by atoms with Gasteiger partial charge in [0, 0.05) is 47.4 Å². The number of anilines is 1. The van der Waals surface area contributed by atoms with Gasteiger partial charge in [0.15, 0.2) is 0 Å². The minimum Gasteiger partial charge on any atom is -0.382 e. The second kappa shape index (κ2) is 12.4. The van der Waals surface area contributed by atoms with Gasteiger partial charge in [-0.3, -0.25) is 19.8 Å². The van der Waals surface area contributed by atoms with Crippen LogP contribution in [0, 0.1) is 10.1 Å². The fourth-order valence-electron chi connectivity index (χ4n) is 4.52. The topological polar surface area (TPSA) is 122 Å². The lowest BCUT2D eigenvalue weighted by Gasteiger charge is -2.36. The van der Waals surface area contributed by atoms with E-state index in [1.807, 2.05) is 0 Å². The second-order valence-electron chi connectivity index (χ2n) is 9.41. The van der Waals surface area contributed by atoms with Crippen molar-refractivity contribution in [1.29, 1.82) is 0 Å². The Bertz CT molecular complexity index is 1520. The van der Waals surface area contributed by atoms with Gasteiger partial charge in [-0.25, -0.2) is 8.42 Å². The van der Waals surface area contributed by atoms with Crippen LogP contribution < -0.4 is 10.6 Å². The number of carbonyl (C=O) groups excluding carboxylic acids is 1. The first kappa shape index (κ1) is 30.2. The Labute approximate surface area is 238 Å². The molecular formula is C27H27F3N4O5S2. The molecule has 1 saturated heterocycles. The van der Waals surface area contributed by atoms with Crippen LogP contribution in [0.25, 0.3) is 0 Å². The molecule has 4 rings (SSSR count). The molecule has 1 atom stereocenters. The number of hydrogen-bond acceptors (Lipinski definition) is 8. The molecule has 2 aromatic carbocycles.